The zero-order valence-corrected chi connectivity index (χ0v) is 11.4. The summed E-state index contributed by atoms with van der Waals surface area (Å²) < 4.78 is 0. The van der Waals surface area contributed by atoms with Crippen LogP contribution in [0, 0.1) is 11.8 Å². The van der Waals surface area contributed by atoms with Crippen molar-refractivity contribution in [2.24, 2.45) is 11.8 Å². The van der Waals surface area contributed by atoms with Crippen molar-refractivity contribution in [1.82, 2.24) is 0 Å². The molecule has 2 unspecified atom stereocenters. The second-order valence-corrected chi connectivity index (χ2v) is 5.52. The second-order valence-electron chi connectivity index (χ2n) is 5.52. The Kier molecular flexibility index (Phi) is 4.40. The highest BCUT2D eigenvalue weighted by atomic mass is 16.1. The quantitative estimate of drug-likeness (QED) is 0.790. The van der Waals surface area contributed by atoms with Crippen molar-refractivity contribution in [3.8, 4) is 0 Å². The van der Waals surface area contributed by atoms with Gasteiger partial charge in [-0.2, -0.15) is 0 Å². The van der Waals surface area contributed by atoms with Gasteiger partial charge in [0.15, 0.2) is 5.78 Å². The van der Waals surface area contributed by atoms with Gasteiger partial charge in [-0.15, -0.1) is 0 Å². The van der Waals surface area contributed by atoms with Crippen LogP contribution < -0.4 is 5.32 Å². The van der Waals surface area contributed by atoms with Crippen LogP contribution in [0.15, 0.2) is 24.3 Å². The van der Waals surface area contributed by atoms with Crippen LogP contribution in [0.25, 0.3) is 0 Å². The largest absolute Gasteiger partial charge is 0.385 e. The first-order chi connectivity index (χ1) is 8.69. The van der Waals surface area contributed by atoms with E-state index in [1.165, 1.54) is 19.3 Å². The number of carbonyl (C=O) groups is 1. The van der Waals surface area contributed by atoms with Gasteiger partial charge in [-0.3, -0.25) is 4.79 Å². The number of hydrogen-bond acceptors (Lipinski definition) is 2. The topological polar surface area (TPSA) is 29.1 Å². The fourth-order valence-electron chi connectivity index (χ4n) is 2.75. The van der Waals surface area contributed by atoms with Crippen LogP contribution in [0.3, 0.4) is 0 Å². The van der Waals surface area contributed by atoms with Crippen LogP contribution in [-0.4, -0.2) is 12.3 Å². The summed E-state index contributed by atoms with van der Waals surface area (Å²) in [6.07, 6.45) is 4.64. The summed E-state index contributed by atoms with van der Waals surface area (Å²) in [6.45, 7) is 5.30. The maximum Gasteiger partial charge on any atom is 0.162 e. The lowest BCUT2D eigenvalue weighted by atomic mass is 10.1. The van der Waals surface area contributed by atoms with Crippen LogP contribution in [0.5, 0.6) is 0 Å². The van der Waals surface area contributed by atoms with Gasteiger partial charge in [0.1, 0.15) is 0 Å². The molecule has 0 bridgehead atoms. The summed E-state index contributed by atoms with van der Waals surface area (Å²) in [6, 6.07) is 7.87. The van der Waals surface area contributed by atoms with Crippen LogP contribution >= 0.6 is 0 Å². The average Bonchev–Trinajstić information content (AvgIpc) is 2.82. The second kappa shape index (κ2) is 6.03. The Bertz CT molecular complexity index is 396. The Balaban J connectivity index is 1.85. The van der Waals surface area contributed by atoms with E-state index in [0.29, 0.717) is 6.42 Å². The number of carbonyl (C=O) groups excluding carboxylic acids is 1. The van der Waals surface area contributed by atoms with E-state index in [1.54, 1.807) is 0 Å². The summed E-state index contributed by atoms with van der Waals surface area (Å²) in [5.74, 6) is 1.92. The molecule has 0 saturated heterocycles. The first-order valence-corrected chi connectivity index (χ1v) is 7.06. The molecule has 1 fully saturated rings. The minimum Gasteiger partial charge on any atom is -0.385 e. The fraction of sp³-hybridized carbons (Fsp3) is 0.562. The highest BCUT2D eigenvalue weighted by molar-refractivity contribution is 5.96. The Morgan fingerprint density at radius 1 is 1.28 bits per heavy atom. The monoisotopic (exact) mass is 245 g/mol. The molecule has 1 N–H and O–H groups in total. The smallest absolute Gasteiger partial charge is 0.162 e. The van der Waals surface area contributed by atoms with Crippen molar-refractivity contribution in [3.63, 3.8) is 0 Å². The molecule has 98 valence electrons. The molecule has 0 amide bonds. The molecule has 1 saturated carbocycles. The molecule has 1 aliphatic rings. The van der Waals surface area contributed by atoms with Gasteiger partial charge in [0.25, 0.3) is 0 Å². The number of Topliss-reactive ketones (excluding diaryl/α,β-unsaturated/α-hetero) is 1. The van der Waals surface area contributed by atoms with Gasteiger partial charge in [0.05, 0.1) is 0 Å². The van der Waals surface area contributed by atoms with E-state index in [4.69, 9.17) is 0 Å². The standard InChI is InChI=1S/C16H23NO/c1-3-16(18)14-6-8-15(9-7-14)17-11-13-5-4-12(2)10-13/h6-9,12-13,17H,3-5,10-11H2,1-2H3. The van der Waals surface area contributed by atoms with Gasteiger partial charge < -0.3 is 5.32 Å². The molecule has 0 spiro atoms. The molecular formula is C16H23NO. The molecule has 1 aromatic carbocycles. The first kappa shape index (κ1) is 13.1. The van der Waals surface area contributed by atoms with Gasteiger partial charge >= 0.3 is 0 Å². The third kappa shape index (κ3) is 3.34. The summed E-state index contributed by atoms with van der Waals surface area (Å²) in [7, 11) is 0. The third-order valence-corrected chi connectivity index (χ3v) is 3.93. The van der Waals surface area contributed by atoms with E-state index in [1.807, 2.05) is 31.2 Å². The molecule has 2 heteroatoms. The number of anilines is 1. The molecule has 1 aromatic rings. The molecule has 1 aliphatic carbocycles. The molecule has 2 rings (SSSR count). The molecule has 18 heavy (non-hydrogen) atoms. The van der Waals surface area contributed by atoms with Crippen molar-refractivity contribution in [3.05, 3.63) is 29.8 Å². The number of benzene rings is 1. The zero-order chi connectivity index (χ0) is 13.0. The van der Waals surface area contributed by atoms with Crippen molar-refractivity contribution in [2.75, 3.05) is 11.9 Å². The Labute approximate surface area is 110 Å². The Hall–Kier alpha value is -1.31. The molecule has 2 atom stereocenters. The van der Waals surface area contributed by atoms with Crippen molar-refractivity contribution in [2.45, 2.75) is 39.5 Å². The van der Waals surface area contributed by atoms with Crippen molar-refractivity contribution in [1.29, 1.82) is 0 Å². The van der Waals surface area contributed by atoms with Gasteiger partial charge in [-0.05, 0) is 48.9 Å². The minimum absolute atomic E-state index is 0.214. The summed E-state index contributed by atoms with van der Waals surface area (Å²) in [4.78, 5) is 11.5. The summed E-state index contributed by atoms with van der Waals surface area (Å²) in [5.41, 5.74) is 1.94. The number of rotatable bonds is 5. The maximum absolute atomic E-state index is 11.5. The molecular weight excluding hydrogens is 222 g/mol. The third-order valence-electron chi connectivity index (χ3n) is 3.93. The van der Waals surface area contributed by atoms with Crippen molar-refractivity contribution < 1.29 is 4.79 Å². The Morgan fingerprint density at radius 3 is 2.56 bits per heavy atom. The predicted octanol–water partition coefficient (Wildman–Crippen LogP) is 4.13. The zero-order valence-electron chi connectivity index (χ0n) is 11.4. The van der Waals surface area contributed by atoms with Gasteiger partial charge in [-0.25, -0.2) is 0 Å². The number of ketones is 1. The molecule has 0 heterocycles. The predicted molar refractivity (Wildman–Crippen MR) is 76.1 cm³/mol. The fourth-order valence-corrected chi connectivity index (χ4v) is 2.75. The summed E-state index contributed by atoms with van der Waals surface area (Å²) >= 11 is 0. The van der Waals surface area contributed by atoms with Crippen LogP contribution in [0.1, 0.15) is 49.9 Å². The highest BCUT2D eigenvalue weighted by Gasteiger charge is 2.20. The van der Waals surface area contributed by atoms with E-state index in [2.05, 4.69) is 12.2 Å². The van der Waals surface area contributed by atoms with E-state index in [0.717, 1.165) is 29.6 Å². The lowest BCUT2D eigenvalue weighted by Gasteiger charge is -2.12. The molecule has 2 nitrogen and oxygen atoms in total. The molecule has 0 aromatic heterocycles. The molecule has 0 aliphatic heterocycles. The highest BCUT2D eigenvalue weighted by Crippen LogP contribution is 2.30. The molecule has 0 radical (unpaired) electrons. The van der Waals surface area contributed by atoms with E-state index in [9.17, 15) is 4.79 Å². The lowest BCUT2D eigenvalue weighted by Crippen LogP contribution is -2.11. The van der Waals surface area contributed by atoms with E-state index >= 15 is 0 Å². The van der Waals surface area contributed by atoms with Gasteiger partial charge in [-0.1, -0.05) is 20.3 Å². The van der Waals surface area contributed by atoms with Crippen LogP contribution in [0.2, 0.25) is 0 Å². The first-order valence-electron chi connectivity index (χ1n) is 7.06. The van der Waals surface area contributed by atoms with Crippen LogP contribution in [-0.2, 0) is 0 Å². The Morgan fingerprint density at radius 2 is 2.00 bits per heavy atom. The number of nitrogens with one attached hydrogen (secondary N) is 1. The van der Waals surface area contributed by atoms with E-state index < -0.39 is 0 Å². The normalized spacial score (nSPS) is 23.0. The van der Waals surface area contributed by atoms with E-state index in [-0.39, 0.29) is 5.78 Å². The van der Waals surface area contributed by atoms with Gasteiger partial charge in [0, 0.05) is 24.2 Å². The minimum atomic E-state index is 0.214. The SMILES string of the molecule is CCC(=O)c1ccc(NCC2CCC(C)C2)cc1. The maximum atomic E-state index is 11.5. The average molecular weight is 245 g/mol. The lowest BCUT2D eigenvalue weighted by molar-refractivity contribution is 0.0988. The summed E-state index contributed by atoms with van der Waals surface area (Å²) in [5, 5.41) is 3.48. The van der Waals surface area contributed by atoms with Gasteiger partial charge in [0.2, 0.25) is 0 Å². The van der Waals surface area contributed by atoms with Crippen LogP contribution in [0.4, 0.5) is 5.69 Å². The van der Waals surface area contributed by atoms with Crippen molar-refractivity contribution >= 4 is 11.5 Å². The number of hydrogen-bond donors (Lipinski definition) is 1.